The van der Waals surface area contributed by atoms with Crippen LogP contribution in [0.3, 0.4) is 0 Å². The van der Waals surface area contributed by atoms with Gasteiger partial charge in [-0.2, -0.15) is 0 Å². The van der Waals surface area contributed by atoms with E-state index in [1.165, 1.54) is 0 Å². The first-order valence-electron chi connectivity index (χ1n) is 8.93. The lowest BCUT2D eigenvalue weighted by Gasteiger charge is -2.39. The summed E-state index contributed by atoms with van der Waals surface area (Å²) in [5.41, 5.74) is 4.03. The molecule has 132 valence electrons. The zero-order valence-electron chi connectivity index (χ0n) is 15.0. The average molecular weight is 346 g/mol. The summed E-state index contributed by atoms with van der Waals surface area (Å²) in [6.07, 6.45) is 2.40. The molecule has 3 aromatic rings. The Morgan fingerprint density at radius 3 is 2.54 bits per heavy atom. The molecule has 0 fully saturated rings. The maximum absolute atomic E-state index is 13.1. The molecule has 0 bridgehead atoms. The Balaban J connectivity index is 1.70. The first-order chi connectivity index (χ1) is 12.6. The number of furan rings is 1. The fourth-order valence-electron chi connectivity index (χ4n) is 3.70. The van der Waals surface area contributed by atoms with Gasteiger partial charge in [0, 0.05) is 23.0 Å². The van der Waals surface area contributed by atoms with Crippen molar-refractivity contribution < 1.29 is 9.21 Å². The van der Waals surface area contributed by atoms with Crippen molar-refractivity contribution in [2.45, 2.75) is 32.4 Å². The SMILES string of the molecule is Cc1ccoc1C(=O)N1c2ccccc2[C@H](Nc2ccccc2)C[C@H]1C. The van der Waals surface area contributed by atoms with Crippen molar-refractivity contribution >= 4 is 17.3 Å². The summed E-state index contributed by atoms with van der Waals surface area (Å²) in [5, 5.41) is 3.61. The zero-order chi connectivity index (χ0) is 18.1. The third-order valence-electron chi connectivity index (χ3n) is 4.98. The van der Waals surface area contributed by atoms with Crippen LogP contribution >= 0.6 is 0 Å². The van der Waals surface area contributed by atoms with E-state index in [0.29, 0.717) is 5.76 Å². The monoisotopic (exact) mass is 346 g/mol. The van der Waals surface area contributed by atoms with Crippen LogP contribution in [0.1, 0.15) is 41.1 Å². The molecule has 0 spiro atoms. The molecule has 4 heteroatoms. The van der Waals surface area contributed by atoms with Crippen molar-refractivity contribution in [2.75, 3.05) is 10.2 Å². The standard InChI is InChI=1S/C22H22N2O2/c1-15-12-13-26-21(15)22(25)24-16(2)14-19(18-10-6-7-11-20(18)24)23-17-8-4-3-5-9-17/h3-13,16,19,23H,14H2,1-2H3/t16-,19-/m1/s1. The van der Waals surface area contributed by atoms with E-state index in [1.807, 2.05) is 54.3 Å². The van der Waals surface area contributed by atoms with Crippen molar-refractivity contribution in [3.05, 3.63) is 83.8 Å². The Labute approximate surface area is 153 Å². The molecule has 1 aliphatic rings. The Morgan fingerprint density at radius 2 is 1.81 bits per heavy atom. The van der Waals surface area contributed by atoms with Crippen LogP contribution in [0.5, 0.6) is 0 Å². The number of para-hydroxylation sites is 2. The van der Waals surface area contributed by atoms with Crippen LogP contribution in [0.4, 0.5) is 11.4 Å². The maximum atomic E-state index is 13.1. The second kappa shape index (κ2) is 6.71. The van der Waals surface area contributed by atoms with E-state index in [0.717, 1.165) is 28.9 Å². The number of amides is 1. The highest BCUT2D eigenvalue weighted by Gasteiger charge is 2.35. The predicted molar refractivity (Wildman–Crippen MR) is 104 cm³/mol. The lowest BCUT2D eigenvalue weighted by atomic mass is 9.91. The minimum absolute atomic E-state index is 0.0584. The van der Waals surface area contributed by atoms with Gasteiger partial charge in [-0.1, -0.05) is 36.4 Å². The molecule has 2 aromatic carbocycles. The van der Waals surface area contributed by atoms with E-state index in [1.54, 1.807) is 6.26 Å². The average Bonchev–Trinajstić information content (AvgIpc) is 3.08. The van der Waals surface area contributed by atoms with E-state index in [9.17, 15) is 4.79 Å². The lowest BCUT2D eigenvalue weighted by Crippen LogP contribution is -2.44. The van der Waals surface area contributed by atoms with Crippen molar-refractivity contribution in [3.8, 4) is 0 Å². The van der Waals surface area contributed by atoms with Crippen molar-refractivity contribution in [3.63, 3.8) is 0 Å². The van der Waals surface area contributed by atoms with Gasteiger partial charge in [-0.05, 0) is 50.1 Å². The second-order valence-electron chi connectivity index (χ2n) is 6.81. The number of hydrogen-bond acceptors (Lipinski definition) is 3. The maximum Gasteiger partial charge on any atom is 0.294 e. The van der Waals surface area contributed by atoms with Gasteiger partial charge in [-0.25, -0.2) is 0 Å². The zero-order valence-corrected chi connectivity index (χ0v) is 15.0. The molecule has 4 nitrogen and oxygen atoms in total. The van der Waals surface area contributed by atoms with Crippen LogP contribution in [-0.2, 0) is 0 Å². The fourth-order valence-corrected chi connectivity index (χ4v) is 3.70. The molecule has 0 radical (unpaired) electrons. The normalized spacial score (nSPS) is 19.1. The molecule has 1 aliphatic heterocycles. The van der Waals surface area contributed by atoms with Crippen LogP contribution in [0.15, 0.2) is 71.3 Å². The molecule has 0 saturated carbocycles. The van der Waals surface area contributed by atoms with Gasteiger partial charge in [0.25, 0.3) is 5.91 Å². The number of benzene rings is 2. The third kappa shape index (κ3) is 2.88. The summed E-state index contributed by atoms with van der Waals surface area (Å²) in [6.45, 7) is 3.99. The summed E-state index contributed by atoms with van der Waals surface area (Å²) in [5.74, 6) is 0.340. The molecule has 2 heterocycles. The topological polar surface area (TPSA) is 45.5 Å². The first kappa shape index (κ1) is 16.5. The number of aryl methyl sites for hydroxylation is 1. The molecule has 1 amide bonds. The minimum Gasteiger partial charge on any atom is -0.459 e. The number of nitrogens with zero attached hydrogens (tertiary/aromatic N) is 1. The summed E-state index contributed by atoms with van der Waals surface area (Å²) in [6, 6.07) is 20.3. The largest absolute Gasteiger partial charge is 0.459 e. The minimum atomic E-state index is -0.0781. The van der Waals surface area contributed by atoms with Gasteiger partial charge >= 0.3 is 0 Å². The molecule has 2 atom stereocenters. The molecular formula is C22H22N2O2. The summed E-state index contributed by atoms with van der Waals surface area (Å²) in [7, 11) is 0. The highest BCUT2D eigenvalue weighted by molar-refractivity contribution is 6.06. The summed E-state index contributed by atoms with van der Waals surface area (Å²) >= 11 is 0. The fraction of sp³-hybridized carbons (Fsp3) is 0.227. The van der Waals surface area contributed by atoms with E-state index < -0.39 is 0 Å². The Kier molecular flexibility index (Phi) is 4.25. The Morgan fingerprint density at radius 1 is 1.08 bits per heavy atom. The van der Waals surface area contributed by atoms with Gasteiger partial charge in [0.2, 0.25) is 0 Å². The number of rotatable bonds is 3. The molecule has 0 aliphatic carbocycles. The van der Waals surface area contributed by atoms with Gasteiger partial charge in [0.15, 0.2) is 5.76 Å². The van der Waals surface area contributed by atoms with Gasteiger partial charge in [0.05, 0.1) is 12.3 Å². The van der Waals surface area contributed by atoms with Crippen LogP contribution in [-0.4, -0.2) is 11.9 Å². The number of carbonyl (C=O) groups excluding carboxylic acids is 1. The predicted octanol–water partition coefficient (Wildman–Crippen LogP) is 5.18. The van der Waals surface area contributed by atoms with Crippen LogP contribution in [0.2, 0.25) is 0 Å². The highest BCUT2D eigenvalue weighted by atomic mass is 16.3. The second-order valence-corrected chi connectivity index (χ2v) is 6.81. The smallest absolute Gasteiger partial charge is 0.294 e. The quantitative estimate of drug-likeness (QED) is 0.711. The molecule has 26 heavy (non-hydrogen) atoms. The Bertz CT molecular complexity index is 917. The van der Waals surface area contributed by atoms with Gasteiger partial charge in [-0.3, -0.25) is 4.79 Å². The van der Waals surface area contributed by atoms with Crippen molar-refractivity contribution in [2.24, 2.45) is 0 Å². The molecule has 0 saturated heterocycles. The lowest BCUT2D eigenvalue weighted by molar-refractivity contribution is 0.0946. The summed E-state index contributed by atoms with van der Waals surface area (Å²) < 4.78 is 5.46. The van der Waals surface area contributed by atoms with Gasteiger partial charge in [-0.15, -0.1) is 0 Å². The molecule has 0 unspecified atom stereocenters. The number of hydrogen-bond donors (Lipinski definition) is 1. The van der Waals surface area contributed by atoms with Crippen molar-refractivity contribution in [1.82, 2.24) is 0 Å². The molecule has 1 aromatic heterocycles. The third-order valence-corrected chi connectivity index (χ3v) is 4.98. The molecule has 1 N–H and O–H groups in total. The van der Waals surface area contributed by atoms with E-state index in [2.05, 4.69) is 30.4 Å². The number of fused-ring (bicyclic) bond motifs is 1. The summed E-state index contributed by atoms with van der Waals surface area (Å²) in [4.78, 5) is 15.0. The highest BCUT2D eigenvalue weighted by Crippen LogP contribution is 2.39. The van der Waals surface area contributed by atoms with E-state index in [4.69, 9.17) is 4.42 Å². The van der Waals surface area contributed by atoms with Crippen molar-refractivity contribution in [1.29, 1.82) is 0 Å². The van der Waals surface area contributed by atoms with Gasteiger partial charge < -0.3 is 14.6 Å². The van der Waals surface area contributed by atoms with Gasteiger partial charge in [0.1, 0.15) is 0 Å². The molecular weight excluding hydrogens is 324 g/mol. The Hall–Kier alpha value is -3.01. The van der Waals surface area contributed by atoms with Crippen LogP contribution in [0.25, 0.3) is 0 Å². The number of carbonyl (C=O) groups is 1. The van der Waals surface area contributed by atoms with E-state index >= 15 is 0 Å². The number of nitrogens with one attached hydrogen (secondary N) is 1. The number of anilines is 2. The van der Waals surface area contributed by atoms with Crippen LogP contribution in [0, 0.1) is 6.92 Å². The molecule has 4 rings (SSSR count). The van der Waals surface area contributed by atoms with Crippen LogP contribution < -0.4 is 10.2 Å². The first-order valence-corrected chi connectivity index (χ1v) is 8.93. The van der Waals surface area contributed by atoms with E-state index in [-0.39, 0.29) is 18.0 Å².